The van der Waals surface area contributed by atoms with E-state index in [0.29, 0.717) is 4.88 Å². The highest BCUT2D eigenvalue weighted by molar-refractivity contribution is 7.10. The Kier molecular flexibility index (Phi) is 3.73. The first-order valence-electron chi connectivity index (χ1n) is 5.40. The van der Waals surface area contributed by atoms with Crippen LogP contribution in [0.1, 0.15) is 26.8 Å². The van der Waals surface area contributed by atoms with Gasteiger partial charge in [0.15, 0.2) is 5.78 Å². The number of benzene rings is 1. The molecular weight excluding hydrogens is 275 g/mol. The number of alkyl halides is 3. The van der Waals surface area contributed by atoms with Crippen molar-refractivity contribution in [2.45, 2.75) is 12.2 Å². The Morgan fingerprint density at radius 1 is 1.21 bits per heavy atom. The van der Waals surface area contributed by atoms with E-state index in [4.69, 9.17) is 5.73 Å². The molecule has 0 fully saturated rings. The fraction of sp³-hybridized carbons (Fsp3) is 0.154. The summed E-state index contributed by atoms with van der Waals surface area (Å²) in [6.07, 6.45) is -4.47. The van der Waals surface area contributed by atoms with E-state index in [1.165, 1.54) is 23.5 Å². The highest BCUT2D eigenvalue weighted by atomic mass is 32.1. The molecule has 2 rings (SSSR count). The molecule has 0 saturated carbocycles. The van der Waals surface area contributed by atoms with E-state index in [-0.39, 0.29) is 5.56 Å². The Morgan fingerprint density at radius 2 is 1.95 bits per heavy atom. The summed E-state index contributed by atoms with van der Waals surface area (Å²) in [5.41, 5.74) is 4.87. The van der Waals surface area contributed by atoms with Crippen molar-refractivity contribution in [3.63, 3.8) is 0 Å². The maximum atomic E-state index is 12.6. The molecule has 0 bridgehead atoms. The molecule has 0 radical (unpaired) electrons. The maximum Gasteiger partial charge on any atom is 0.416 e. The number of carbonyl (C=O) groups is 1. The SMILES string of the molecule is NC(C(=O)c1cccc(C(F)(F)F)c1)c1cccs1. The van der Waals surface area contributed by atoms with Crippen LogP contribution in [-0.2, 0) is 6.18 Å². The summed E-state index contributed by atoms with van der Waals surface area (Å²) in [6.45, 7) is 0. The first-order chi connectivity index (χ1) is 8.89. The Morgan fingerprint density at radius 3 is 2.53 bits per heavy atom. The van der Waals surface area contributed by atoms with Crippen molar-refractivity contribution >= 4 is 17.1 Å². The average Bonchev–Trinajstić information content (AvgIpc) is 2.90. The second-order valence-corrected chi connectivity index (χ2v) is 4.92. The quantitative estimate of drug-likeness (QED) is 0.875. The minimum atomic E-state index is -4.47. The lowest BCUT2D eigenvalue weighted by atomic mass is 10.0. The van der Waals surface area contributed by atoms with Crippen molar-refractivity contribution in [2.75, 3.05) is 0 Å². The van der Waals surface area contributed by atoms with Crippen molar-refractivity contribution in [1.29, 1.82) is 0 Å². The van der Waals surface area contributed by atoms with Crippen LogP contribution >= 0.6 is 11.3 Å². The van der Waals surface area contributed by atoms with Gasteiger partial charge in [0.25, 0.3) is 0 Å². The predicted octanol–water partition coefficient (Wildman–Crippen LogP) is 3.65. The van der Waals surface area contributed by atoms with Crippen LogP contribution in [0.3, 0.4) is 0 Å². The van der Waals surface area contributed by atoms with Gasteiger partial charge in [-0.3, -0.25) is 4.79 Å². The Labute approximate surface area is 111 Å². The number of hydrogen-bond donors (Lipinski definition) is 1. The zero-order valence-electron chi connectivity index (χ0n) is 9.65. The topological polar surface area (TPSA) is 43.1 Å². The number of hydrogen-bond acceptors (Lipinski definition) is 3. The van der Waals surface area contributed by atoms with Crippen molar-refractivity contribution in [3.05, 3.63) is 57.8 Å². The number of halogens is 3. The lowest BCUT2D eigenvalue weighted by molar-refractivity contribution is -0.137. The fourth-order valence-corrected chi connectivity index (χ4v) is 2.35. The molecule has 0 aliphatic carbocycles. The maximum absolute atomic E-state index is 12.6. The summed E-state index contributed by atoms with van der Waals surface area (Å²) >= 11 is 1.30. The Balaban J connectivity index is 2.30. The summed E-state index contributed by atoms with van der Waals surface area (Å²) < 4.78 is 37.7. The van der Waals surface area contributed by atoms with Gasteiger partial charge in [-0.05, 0) is 23.6 Å². The molecule has 0 aliphatic rings. The fourth-order valence-electron chi connectivity index (χ4n) is 1.63. The van der Waals surface area contributed by atoms with E-state index in [1.807, 2.05) is 0 Å². The van der Waals surface area contributed by atoms with Gasteiger partial charge in [-0.1, -0.05) is 18.2 Å². The van der Waals surface area contributed by atoms with Crippen molar-refractivity contribution in [2.24, 2.45) is 5.73 Å². The molecule has 0 spiro atoms. The molecule has 6 heteroatoms. The molecule has 2 aromatic rings. The largest absolute Gasteiger partial charge is 0.416 e. The van der Waals surface area contributed by atoms with E-state index in [2.05, 4.69) is 0 Å². The minimum absolute atomic E-state index is 0.0317. The normalized spacial score (nSPS) is 13.3. The third kappa shape index (κ3) is 3.02. The van der Waals surface area contributed by atoms with Gasteiger partial charge < -0.3 is 5.73 Å². The molecule has 100 valence electrons. The van der Waals surface area contributed by atoms with Crippen molar-refractivity contribution in [1.82, 2.24) is 0 Å². The summed E-state index contributed by atoms with van der Waals surface area (Å²) in [5.74, 6) is -0.520. The van der Waals surface area contributed by atoms with Gasteiger partial charge in [-0.25, -0.2) is 0 Å². The highest BCUT2D eigenvalue weighted by Crippen LogP contribution is 2.30. The summed E-state index contributed by atoms with van der Waals surface area (Å²) in [4.78, 5) is 12.7. The zero-order chi connectivity index (χ0) is 14.0. The Hall–Kier alpha value is -1.66. The second kappa shape index (κ2) is 5.14. The van der Waals surface area contributed by atoms with E-state index < -0.39 is 23.6 Å². The third-order valence-electron chi connectivity index (χ3n) is 2.61. The molecule has 19 heavy (non-hydrogen) atoms. The Bertz CT molecular complexity index is 578. The molecule has 1 heterocycles. The third-order valence-corrected chi connectivity index (χ3v) is 3.56. The average molecular weight is 285 g/mol. The van der Waals surface area contributed by atoms with Crippen LogP contribution in [0.25, 0.3) is 0 Å². The lowest BCUT2D eigenvalue weighted by Gasteiger charge is -2.11. The van der Waals surface area contributed by atoms with Crippen molar-refractivity contribution < 1.29 is 18.0 Å². The number of thiophene rings is 1. The first-order valence-corrected chi connectivity index (χ1v) is 6.28. The van der Waals surface area contributed by atoms with Gasteiger partial charge in [-0.2, -0.15) is 13.2 Å². The van der Waals surface area contributed by atoms with Gasteiger partial charge in [0.1, 0.15) is 6.04 Å². The monoisotopic (exact) mass is 285 g/mol. The van der Waals surface area contributed by atoms with Crippen LogP contribution in [0.15, 0.2) is 41.8 Å². The molecule has 0 amide bonds. The number of rotatable bonds is 3. The van der Waals surface area contributed by atoms with Gasteiger partial charge in [0.05, 0.1) is 5.56 Å². The molecule has 1 atom stereocenters. The minimum Gasteiger partial charge on any atom is -0.317 e. The first kappa shape index (κ1) is 13.8. The highest BCUT2D eigenvalue weighted by Gasteiger charge is 2.31. The number of ketones is 1. The van der Waals surface area contributed by atoms with E-state index in [0.717, 1.165) is 12.1 Å². The molecule has 2 N–H and O–H groups in total. The van der Waals surface area contributed by atoms with Crippen LogP contribution in [-0.4, -0.2) is 5.78 Å². The smallest absolute Gasteiger partial charge is 0.317 e. The summed E-state index contributed by atoms with van der Waals surface area (Å²) in [6, 6.07) is 6.79. The van der Waals surface area contributed by atoms with Crippen LogP contribution in [0, 0.1) is 0 Å². The zero-order valence-corrected chi connectivity index (χ0v) is 10.5. The van der Waals surface area contributed by atoms with Crippen LogP contribution < -0.4 is 5.73 Å². The van der Waals surface area contributed by atoms with Crippen LogP contribution in [0.2, 0.25) is 0 Å². The predicted molar refractivity (Wildman–Crippen MR) is 67.0 cm³/mol. The van der Waals surface area contributed by atoms with E-state index in [1.54, 1.807) is 17.5 Å². The number of carbonyl (C=O) groups excluding carboxylic acids is 1. The molecule has 1 aromatic carbocycles. The van der Waals surface area contributed by atoms with Gasteiger partial charge in [0, 0.05) is 10.4 Å². The van der Waals surface area contributed by atoms with Crippen LogP contribution in [0.5, 0.6) is 0 Å². The van der Waals surface area contributed by atoms with Gasteiger partial charge in [-0.15, -0.1) is 11.3 Å². The summed E-state index contributed by atoms with van der Waals surface area (Å²) in [5, 5.41) is 1.76. The van der Waals surface area contributed by atoms with E-state index in [9.17, 15) is 18.0 Å². The summed E-state index contributed by atoms with van der Waals surface area (Å²) in [7, 11) is 0. The molecule has 1 unspecified atom stereocenters. The second-order valence-electron chi connectivity index (χ2n) is 3.94. The van der Waals surface area contributed by atoms with E-state index >= 15 is 0 Å². The lowest BCUT2D eigenvalue weighted by Crippen LogP contribution is -2.21. The number of Topliss-reactive ketones (excluding diaryl/α,β-unsaturated/α-hetero) is 1. The molecular formula is C13H10F3NOS. The molecule has 0 aliphatic heterocycles. The van der Waals surface area contributed by atoms with Crippen LogP contribution in [0.4, 0.5) is 13.2 Å². The standard InChI is InChI=1S/C13H10F3NOS/c14-13(15,16)9-4-1-3-8(7-9)12(18)11(17)10-5-2-6-19-10/h1-7,11H,17H2. The van der Waals surface area contributed by atoms with Gasteiger partial charge in [0.2, 0.25) is 0 Å². The van der Waals surface area contributed by atoms with Gasteiger partial charge >= 0.3 is 6.18 Å². The molecule has 0 saturated heterocycles. The molecule has 2 nitrogen and oxygen atoms in total. The molecule has 1 aromatic heterocycles. The van der Waals surface area contributed by atoms with Crippen molar-refractivity contribution in [3.8, 4) is 0 Å². The number of nitrogens with two attached hydrogens (primary N) is 1.